The third-order valence-electron chi connectivity index (χ3n) is 4.26. The summed E-state index contributed by atoms with van der Waals surface area (Å²) in [6.45, 7) is 2.11. The third kappa shape index (κ3) is 3.68. The lowest BCUT2D eigenvalue weighted by Gasteiger charge is -2.19. The van der Waals surface area contributed by atoms with Crippen LogP contribution >= 0.6 is 23.4 Å². The van der Waals surface area contributed by atoms with Crippen LogP contribution in [-0.2, 0) is 4.79 Å². The second kappa shape index (κ2) is 7.77. The quantitative estimate of drug-likeness (QED) is 0.665. The smallest absolute Gasteiger partial charge is 0.283 e. The van der Waals surface area contributed by atoms with Gasteiger partial charge in [0.2, 0.25) is 5.17 Å². The van der Waals surface area contributed by atoms with Crippen LogP contribution in [0.15, 0.2) is 56.5 Å². The molecule has 0 bridgehead atoms. The molecule has 1 amide bonds. The maximum atomic E-state index is 12.4. The van der Waals surface area contributed by atoms with Crippen molar-refractivity contribution in [2.24, 2.45) is 10.1 Å². The van der Waals surface area contributed by atoms with Crippen LogP contribution in [0.1, 0.15) is 31.9 Å². The Morgan fingerprint density at radius 1 is 1.32 bits per heavy atom. The maximum Gasteiger partial charge on any atom is 0.283 e. The number of fused-ring (bicyclic) bond motifs is 1. The van der Waals surface area contributed by atoms with Gasteiger partial charge in [0, 0.05) is 10.6 Å². The third-order valence-corrected chi connectivity index (χ3v) is 5.47. The van der Waals surface area contributed by atoms with Crippen molar-refractivity contribution in [2.75, 3.05) is 0 Å². The molecule has 1 aromatic carbocycles. The molecule has 3 heterocycles. The molecule has 8 heteroatoms. The minimum atomic E-state index is -0.462. The number of amidine groups is 2. The van der Waals surface area contributed by atoms with Crippen molar-refractivity contribution in [3.05, 3.63) is 52.8 Å². The molecule has 0 spiro atoms. The van der Waals surface area contributed by atoms with Gasteiger partial charge in [-0.15, -0.1) is 0 Å². The van der Waals surface area contributed by atoms with Gasteiger partial charge >= 0.3 is 0 Å². The lowest BCUT2D eigenvalue weighted by atomic mass is 10.1. The summed E-state index contributed by atoms with van der Waals surface area (Å²) in [6, 6.07) is 10.9. The van der Waals surface area contributed by atoms with Crippen LogP contribution < -0.4 is 0 Å². The van der Waals surface area contributed by atoms with Crippen molar-refractivity contribution in [1.29, 1.82) is 5.41 Å². The van der Waals surface area contributed by atoms with Gasteiger partial charge in [0.15, 0.2) is 5.84 Å². The number of halogens is 1. The van der Waals surface area contributed by atoms with Gasteiger partial charge in [0.1, 0.15) is 16.6 Å². The molecule has 0 radical (unpaired) electrons. The Labute approximate surface area is 171 Å². The fourth-order valence-electron chi connectivity index (χ4n) is 2.83. The Balaban J connectivity index is 1.60. The molecule has 0 saturated carbocycles. The number of carbonyl (C=O) groups is 1. The summed E-state index contributed by atoms with van der Waals surface area (Å²) in [7, 11) is 0. The molecule has 0 fully saturated rings. The lowest BCUT2D eigenvalue weighted by molar-refractivity contribution is -0.114. The molecule has 0 saturated heterocycles. The first-order valence-electron chi connectivity index (χ1n) is 8.90. The van der Waals surface area contributed by atoms with E-state index in [4.69, 9.17) is 21.4 Å². The number of unbranched alkanes of at least 4 members (excludes halogenated alkanes) is 1. The molecule has 6 nitrogen and oxygen atoms in total. The van der Waals surface area contributed by atoms with E-state index in [0.29, 0.717) is 21.7 Å². The van der Waals surface area contributed by atoms with Crippen LogP contribution in [0, 0.1) is 5.41 Å². The predicted octanol–water partition coefficient (Wildman–Crippen LogP) is 5.41. The molecule has 28 heavy (non-hydrogen) atoms. The van der Waals surface area contributed by atoms with E-state index < -0.39 is 5.91 Å². The van der Waals surface area contributed by atoms with Crippen molar-refractivity contribution in [1.82, 2.24) is 5.01 Å². The SMILES string of the molecule is CCCCC1=NN2C(=N)/C(=C/c3ccc(-c4cccc(Cl)c4)o3)C(=O)N=C2S1. The van der Waals surface area contributed by atoms with Crippen molar-refractivity contribution in [3.63, 3.8) is 0 Å². The molecule has 0 atom stereocenters. The van der Waals surface area contributed by atoms with Crippen LogP contribution in [0.4, 0.5) is 0 Å². The van der Waals surface area contributed by atoms with E-state index in [2.05, 4.69) is 17.0 Å². The van der Waals surface area contributed by atoms with Crippen LogP contribution in [0.3, 0.4) is 0 Å². The number of aliphatic imine (C=N–C) groups is 1. The van der Waals surface area contributed by atoms with Gasteiger partial charge in [-0.25, -0.2) is 0 Å². The highest BCUT2D eigenvalue weighted by atomic mass is 35.5. The zero-order valence-electron chi connectivity index (χ0n) is 15.1. The average Bonchev–Trinajstić information content (AvgIpc) is 3.30. The fourth-order valence-corrected chi connectivity index (χ4v) is 3.95. The van der Waals surface area contributed by atoms with Crippen molar-refractivity contribution in [2.45, 2.75) is 26.2 Å². The summed E-state index contributed by atoms with van der Waals surface area (Å²) < 4.78 is 5.82. The van der Waals surface area contributed by atoms with Gasteiger partial charge in [0.25, 0.3) is 5.91 Å². The van der Waals surface area contributed by atoms with Gasteiger partial charge in [-0.3, -0.25) is 10.2 Å². The van der Waals surface area contributed by atoms with E-state index in [-0.39, 0.29) is 11.4 Å². The fraction of sp³-hybridized carbons (Fsp3) is 0.200. The van der Waals surface area contributed by atoms with E-state index >= 15 is 0 Å². The molecule has 142 valence electrons. The standard InChI is InChI=1S/C20H17ClN4O2S/c1-2-3-7-17-24-25-18(22)15(19(26)23-20(25)28-17)11-14-8-9-16(27-14)12-5-4-6-13(21)10-12/h4-6,8-11,22H,2-3,7H2,1H3/b15-11-,22-18?. The summed E-state index contributed by atoms with van der Waals surface area (Å²) in [4.78, 5) is 16.5. The van der Waals surface area contributed by atoms with E-state index in [9.17, 15) is 4.79 Å². The first kappa shape index (κ1) is 18.7. The molecular weight excluding hydrogens is 396 g/mol. The molecule has 0 unspecified atom stereocenters. The van der Waals surface area contributed by atoms with Gasteiger partial charge in [-0.05, 0) is 54.9 Å². The van der Waals surface area contributed by atoms with Gasteiger partial charge in [-0.1, -0.05) is 37.1 Å². The zero-order chi connectivity index (χ0) is 19.7. The lowest BCUT2D eigenvalue weighted by Crippen LogP contribution is -2.35. The Kier molecular flexibility index (Phi) is 5.19. The zero-order valence-corrected chi connectivity index (χ0v) is 16.7. The van der Waals surface area contributed by atoms with Gasteiger partial charge < -0.3 is 4.42 Å². The monoisotopic (exact) mass is 412 g/mol. The largest absolute Gasteiger partial charge is 0.457 e. The number of amides is 1. The number of carbonyl (C=O) groups excluding carboxylic acids is 1. The highest BCUT2D eigenvalue weighted by Gasteiger charge is 2.35. The second-order valence-corrected chi connectivity index (χ2v) is 7.81. The summed E-state index contributed by atoms with van der Waals surface area (Å²) in [5.41, 5.74) is 0.987. The topological polar surface area (TPSA) is 82.0 Å². The number of furan rings is 1. The molecular formula is C20H17ClN4O2S. The number of hydrogen-bond acceptors (Lipinski definition) is 5. The molecule has 2 aliphatic heterocycles. The van der Waals surface area contributed by atoms with E-state index in [0.717, 1.165) is 29.9 Å². The average molecular weight is 413 g/mol. The summed E-state index contributed by atoms with van der Waals surface area (Å²) in [5, 5.41) is 16.2. The molecule has 4 rings (SSSR count). The number of thioether (sulfide) groups is 1. The summed E-state index contributed by atoms with van der Waals surface area (Å²) >= 11 is 7.38. The minimum absolute atomic E-state index is 0.00899. The number of rotatable bonds is 5. The first-order valence-corrected chi connectivity index (χ1v) is 10.1. The molecule has 1 N–H and O–H groups in total. The number of hydrazone groups is 1. The number of benzene rings is 1. The molecule has 2 aliphatic rings. The van der Waals surface area contributed by atoms with E-state index in [1.807, 2.05) is 12.1 Å². The Hall–Kier alpha value is -2.64. The molecule has 0 aliphatic carbocycles. The Bertz CT molecular complexity index is 1050. The Morgan fingerprint density at radius 3 is 2.96 bits per heavy atom. The minimum Gasteiger partial charge on any atom is -0.457 e. The first-order chi connectivity index (χ1) is 13.5. The second-order valence-electron chi connectivity index (χ2n) is 6.33. The van der Waals surface area contributed by atoms with Crippen molar-refractivity contribution < 1.29 is 9.21 Å². The molecule has 1 aromatic heterocycles. The van der Waals surface area contributed by atoms with Crippen LogP contribution in [0.25, 0.3) is 17.4 Å². The normalized spacial score (nSPS) is 17.8. The van der Waals surface area contributed by atoms with Crippen LogP contribution in [0.5, 0.6) is 0 Å². The Morgan fingerprint density at radius 2 is 2.18 bits per heavy atom. The maximum absolute atomic E-state index is 12.4. The van der Waals surface area contributed by atoms with Crippen molar-refractivity contribution in [3.8, 4) is 11.3 Å². The van der Waals surface area contributed by atoms with Crippen LogP contribution in [-0.4, -0.2) is 27.0 Å². The summed E-state index contributed by atoms with van der Waals surface area (Å²) in [6.07, 6.45) is 4.41. The van der Waals surface area contributed by atoms with Gasteiger partial charge in [-0.2, -0.15) is 15.1 Å². The van der Waals surface area contributed by atoms with Crippen LogP contribution in [0.2, 0.25) is 5.02 Å². The number of nitrogens with zero attached hydrogens (tertiary/aromatic N) is 3. The highest BCUT2D eigenvalue weighted by Crippen LogP contribution is 2.31. The van der Waals surface area contributed by atoms with E-state index in [1.165, 1.54) is 22.8 Å². The highest BCUT2D eigenvalue weighted by molar-refractivity contribution is 8.26. The van der Waals surface area contributed by atoms with Crippen molar-refractivity contribution >= 4 is 51.4 Å². The number of nitrogens with one attached hydrogen (secondary N) is 1. The summed E-state index contributed by atoms with van der Waals surface area (Å²) in [5.74, 6) is 0.639. The number of hydrogen-bond donors (Lipinski definition) is 1. The van der Waals surface area contributed by atoms with Gasteiger partial charge in [0.05, 0.1) is 5.57 Å². The van der Waals surface area contributed by atoms with E-state index in [1.54, 1.807) is 24.3 Å². The predicted molar refractivity (Wildman–Crippen MR) is 114 cm³/mol. The molecule has 2 aromatic rings.